The molecule has 10 nitrogen and oxygen atoms in total. The van der Waals surface area contributed by atoms with Gasteiger partial charge >= 0.3 is 0 Å². The summed E-state index contributed by atoms with van der Waals surface area (Å²) in [6.07, 6.45) is 4.60. The van der Waals surface area contributed by atoms with Crippen molar-refractivity contribution in [2.75, 3.05) is 36.8 Å². The number of nitrogens with zero attached hydrogens (tertiary/aromatic N) is 5. The summed E-state index contributed by atoms with van der Waals surface area (Å²) < 4.78 is 5.89. The standard InChI is InChI=1S/C31H38N8O2S/c1-22-21-23(2)34-28(33-22)36-29(38-19-15-31(16-20-38,27(32)40)39-17-7-4-8-18-39)37-30(42)35-24-11-13-26(14-12-24)41-25-9-5-3-6-10-25/h3,5-6,9-14,21H,4,7-8,15-20H2,1-2H3,(H2,32,40)(H2,33,34,35,36,37,42). The fourth-order valence-electron chi connectivity index (χ4n) is 5.67. The monoisotopic (exact) mass is 586 g/mol. The topological polar surface area (TPSA) is 121 Å². The number of carbonyl (C=O) groups excluding carboxylic acids is 1. The first-order valence-electron chi connectivity index (χ1n) is 14.4. The molecule has 2 aliphatic heterocycles. The van der Waals surface area contributed by atoms with Crippen molar-refractivity contribution in [2.24, 2.45) is 10.7 Å². The zero-order valence-electron chi connectivity index (χ0n) is 24.2. The highest BCUT2D eigenvalue weighted by Crippen LogP contribution is 2.32. The van der Waals surface area contributed by atoms with Crippen LogP contribution in [-0.4, -0.2) is 68.5 Å². The van der Waals surface area contributed by atoms with E-state index in [4.69, 9.17) is 27.7 Å². The van der Waals surface area contributed by atoms with Gasteiger partial charge in [-0.15, -0.1) is 0 Å². The van der Waals surface area contributed by atoms with E-state index in [1.165, 1.54) is 6.42 Å². The van der Waals surface area contributed by atoms with Gasteiger partial charge in [0, 0.05) is 30.2 Å². The van der Waals surface area contributed by atoms with Crippen LogP contribution in [0.15, 0.2) is 65.7 Å². The third kappa shape index (κ3) is 7.21. The molecule has 11 heteroatoms. The number of benzene rings is 2. The lowest BCUT2D eigenvalue weighted by atomic mass is 9.83. The van der Waals surface area contributed by atoms with Gasteiger partial charge in [0.1, 0.15) is 17.0 Å². The minimum absolute atomic E-state index is 0.245. The van der Waals surface area contributed by atoms with Crippen molar-refractivity contribution < 1.29 is 9.53 Å². The zero-order chi connectivity index (χ0) is 29.5. The summed E-state index contributed by atoms with van der Waals surface area (Å²) in [5, 5.41) is 6.77. The number of rotatable bonds is 6. The van der Waals surface area contributed by atoms with Gasteiger partial charge in [-0.25, -0.2) is 9.97 Å². The fourth-order valence-corrected chi connectivity index (χ4v) is 5.87. The Morgan fingerprint density at radius 2 is 1.52 bits per heavy atom. The summed E-state index contributed by atoms with van der Waals surface area (Å²) in [5.74, 6) is 2.21. The number of aryl methyl sites for hydroxylation is 2. The smallest absolute Gasteiger partial charge is 0.238 e. The molecule has 0 saturated carbocycles. The second-order valence-electron chi connectivity index (χ2n) is 10.8. The number of primary amides is 1. The van der Waals surface area contributed by atoms with E-state index in [1.54, 1.807) is 0 Å². The Kier molecular flexibility index (Phi) is 9.28. The number of ether oxygens (including phenoxy) is 1. The SMILES string of the molecule is Cc1cc(C)nc(N/C(=N/C(=S)Nc2ccc(Oc3ccccc3)cc2)N2CCC(C(N)=O)(N3CCCCC3)CC2)n1. The van der Waals surface area contributed by atoms with E-state index in [1.807, 2.05) is 74.5 Å². The molecule has 0 aliphatic carbocycles. The fraction of sp³-hybridized carbons (Fsp3) is 0.387. The Hall–Kier alpha value is -4.09. The number of hydrogen-bond acceptors (Lipinski definition) is 6. The maximum absolute atomic E-state index is 12.8. The average molecular weight is 587 g/mol. The lowest BCUT2D eigenvalue weighted by molar-refractivity contribution is -0.134. The minimum atomic E-state index is -0.638. The highest BCUT2D eigenvalue weighted by Gasteiger charge is 2.45. The van der Waals surface area contributed by atoms with E-state index < -0.39 is 5.54 Å². The number of carbonyl (C=O) groups is 1. The number of thiocarbonyl (C=S) groups is 1. The molecule has 0 atom stereocenters. The molecule has 220 valence electrons. The van der Waals surface area contributed by atoms with Crippen LogP contribution in [-0.2, 0) is 4.79 Å². The molecule has 42 heavy (non-hydrogen) atoms. The normalized spacial score (nSPS) is 17.4. The summed E-state index contributed by atoms with van der Waals surface area (Å²) >= 11 is 5.66. The van der Waals surface area contributed by atoms with Crippen LogP contribution in [0.25, 0.3) is 0 Å². The Morgan fingerprint density at radius 3 is 2.14 bits per heavy atom. The molecule has 2 saturated heterocycles. The number of para-hydroxylation sites is 1. The molecule has 5 rings (SSSR count). The number of hydrogen-bond donors (Lipinski definition) is 3. The number of likely N-dealkylation sites (tertiary alicyclic amines) is 2. The van der Waals surface area contributed by atoms with Crippen LogP contribution in [0.5, 0.6) is 11.5 Å². The Labute approximate surface area is 252 Å². The van der Waals surface area contributed by atoms with Crippen molar-refractivity contribution in [2.45, 2.75) is 51.5 Å². The predicted octanol–water partition coefficient (Wildman–Crippen LogP) is 4.86. The molecule has 0 radical (unpaired) electrons. The van der Waals surface area contributed by atoms with E-state index in [2.05, 4.69) is 30.4 Å². The molecule has 1 amide bonds. The van der Waals surface area contributed by atoms with Gasteiger partial charge in [0.25, 0.3) is 0 Å². The molecule has 4 N–H and O–H groups in total. The summed E-state index contributed by atoms with van der Waals surface area (Å²) in [5.41, 5.74) is 7.86. The van der Waals surface area contributed by atoms with Crippen LogP contribution in [0.2, 0.25) is 0 Å². The van der Waals surface area contributed by atoms with Gasteiger partial charge < -0.3 is 20.7 Å². The number of nitrogens with two attached hydrogens (primary N) is 1. The number of guanidine groups is 1. The average Bonchev–Trinajstić information content (AvgIpc) is 2.98. The molecule has 2 aromatic carbocycles. The van der Waals surface area contributed by atoms with E-state index in [0.717, 1.165) is 54.5 Å². The van der Waals surface area contributed by atoms with Crippen LogP contribution in [0.3, 0.4) is 0 Å². The summed E-state index contributed by atoms with van der Waals surface area (Å²) in [6.45, 7) is 6.83. The maximum atomic E-state index is 12.8. The Bertz CT molecular complexity index is 1400. The third-order valence-corrected chi connectivity index (χ3v) is 8.00. The largest absolute Gasteiger partial charge is 0.457 e. The number of aromatic nitrogens is 2. The lowest BCUT2D eigenvalue weighted by Crippen LogP contribution is -2.64. The van der Waals surface area contributed by atoms with Gasteiger partial charge in [-0.05, 0) is 107 Å². The number of anilines is 2. The van der Waals surface area contributed by atoms with Crippen molar-refractivity contribution in [1.82, 2.24) is 19.8 Å². The molecular formula is C31H38N8O2S. The van der Waals surface area contributed by atoms with E-state index in [0.29, 0.717) is 37.8 Å². The van der Waals surface area contributed by atoms with E-state index in [9.17, 15) is 4.79 Å². The molecule has 2 aliphatic rings. The first-order chi connectivity index (χ1) is 20.3. The number of nitrogens with one attached hydrogen (secondary N) is 2. The van der Waals surface area contributed by atoms with Gasteiger partial charge in [0.15, 0.2) is 0 Å². The van der Waals surface area contributed by atoms with Crippen molar-refractivity contribution in [1.29, 1.82) is 0 Å². The van der Waals surface area contributed by atoms with Crippen LogP contribution in [0.4, 0.5) is 11.6 Å². The summed E-state index contributed by atoms with van der Waals surface area (Å²) in [7, 11) is 0. The second-order valence-corrected chi connectivity index (χ2v) is 11.2. The quantitative estimate of drug-likeness (QED) is 0.211. The van der Waals surface area contributed by atoms with Crippen molar-refractivity contribution in [3.8, 4) is 11.5 Å². The molecule has 3 heterocycles. The summed E-state index contributed by atoms with van der Waals surface area (Å²) in [4.78, 5) is 31.0. The second kappa shape index (κ2) is 13.3. The van der Waals surface area contributed by atoms with Crippen molar-refractivity contribution in [3.05, 3.63) is 72.1 Å². The molecule has 0 spiro atoms. The lowest BCUT2D eigenvalue weighted by Gasteiger charge is -2.48. The maximum Gasteiger partial charge on any atom is 0.238 e. The third-order valence-electron chi connectivity index (χ3n) is 7.81. The number of piperidine rings is 2. The van der Waals surface area contributed by atoms with E-state index in [-0.39, 0.29) is 11.0 Å². The minimum Gasteiger partial charge on any atom is -0.457 e. The van der Waals surface area contributed by atoms with Crippen LogP contribution in [0, 0.1) is 13.8 Å². The number of amides is 1. The molecule has 0 bridgehead atoms. The first kappa shape index (κ1) is 29.4. The Morgan fingerprint density at radius 1 is 0.905 bits per heavy atom. The van der Waals surface area contributed by atoms with Gasteiger partial charge in [0.05, 0.1) is 0 Å². The van der Waals surface area contributed by atoms with Gasteiger partial charge in [-0.2, -0.15) is 4.99 Å². The number of aliphatic imine (C=N–C) groups is 1. The van der Waals surface area contributed by atoms with Gasteiger partial charge in [-0.1, -0.05) is 24.6 Å². The van der Waals surface area contributed by atoms with Crippen LogP contribution < -0.4 is 21.1 Å². The van der Waals surface area contributed by atoms with Gasteiger partial charge in [0.2, 0.25) is 22.9 Å². The van der Waals surface area contributed by atoms with E-state index >= 15 is 0 Å². The van der Waals surface area contributed by atoms with Crippen LogP contribution >= 0.6 is 12.2 Å². The molecule has 3 aromatic rings. The first-order valence-corrected chi connectivity index (χ1v) is 14.8. The molecular weight excluding hydrogens is 548 g/mol. The van der Waals surface area contributed by atoms with Crippen LogP contribution in [0.1, 0.15) is 43.5 Å². The van der Waals surface area contributed by atoms with Crippen molar-refractivity contribution in [3.63, 3.8) is 0 Å². The highest BCUT2D eigenvalue weighted by atomic mass is 32.1. The molecule has 1 aromatic heterocycles. The molecule has 2 fully saturated rings. The highest BCUT2D eigenvalue weighted by molar-refractivity contribution is 7.80. The molecule has 0 unspecified atom stereocenters. The Balaban J connectivity index is 1.32. The summed E-state index contributed by atoms with van der Waals surface area (Å²) in [6, 6.07) is 19.1. The predicted molar refractivity (Wildman–Crippen MR) is 170 cm³/mol. The van der Waals surface area contributed by atoms with Gasteiger partial charge in [-0.3, -0.25) is 15.0 Å². The zero-order valence-corrected chi connectivity index (χ0v) is 25.0. The van der Waals surface area contributed by atoms with Crippen molar-refractivity contribution >= 4 is 40.8 Å².